The van der Waals surface area contributed by atoms with Crippen molar-refractivity contribution in [1.82, 2.24) is 9.88 Å². The first kappa shape index (κ1) is 17.9. The Hall–Kier alpha value is -1.46. The maximum absolute atomic E-state index is 12.7. The number of nitrogens with zero attached hydrogens (tertiary/aromatic N) is 2. The Morgan fingerprint density at radius 1 is 1.31 bits per heavy atom. The minimum absolute atomic E-state index is 0.0412. The minimum Gasteiger partial charge on any atom is -0.381 e. The van der Waals surface area contributed by atoms with Crippen LogP contribution in [0.15, 0.2) is 18.3 Å². The number of pyridine rings is 1. The molecule has 0 unspecified atom stereocenters. The van der Waals surface area contributed by atoms with Crippen molar-refractivity contribution in [2.75, 3.05) is 32.9 Å². The summed E-state index contributed by atoms with van der Waals surface area (Å²) in [4.78, 5) is 18.9. The number of ether oxygens (including phenoxy) is 2. The molecule has 0 bridgehead atoms. The van der Waals surface area contributed by atoms with Gasteiger partial charge in [0, 0.05) is 39.1 Å². The fourth-order valence-electron chi connectivity index (χ4n) is 4.35. The highest BCUT2D eigenvalue weighted by molar-refractivity contribution is 5.92. The Morgan fingerprint density at radius 2 is 2.12 bits per heavy atom. The van der Waals surface area contributed by atoms with Gasteiger partial charge in [-0.15, -0.1) is 0 Å². The van der Waals surface area contributed by atoms with Crippen molar-refractivity contribution >= 4 is 5.91 Å². The zero-order valence-electron chi connectivity index (χ0n) is 15.8. The molecule has 4 rings (SSSR count). The van der Waals surface area contributed by atoms with E-state index in [1.54, 1.807) is 6.20 Å². The topological polar surface area (TPSA) is 51.7 Å². The van der Waals surface area contributed by atoms with Crippen molar-refractivity contribution in [2.45, 2.75) is 51.0 Å². The Balaban J connectivity index is 1.29. The molecule has 1 aromatic heterocycles. The van der Waals surface area contributed by atoms with Gasteiger partial charge in [0.2, 0.25) is 0 Å². The third-order valence-electron chi connectivity index (χ3n) is 6.29. The first-order chi connectivity index (χ1) is 12.7. The Labute approximate surface area is 156 Å². The summed E-state index contributed by atoms with van der Waals surface area (Å²) in [7, 11) is 0. The molecule has 142 valence electrons. The Morgan fingerprint density at radius 3 is 2.81 bits per heavy atom. The number of aryl methyl sites for hydroxylation is 1. The zero-order chi connectivity index (χ0) is 18.0. The number of amides is 1. The SMILES string of the molecule is Cc1ccc(C(=O)N2CCC3(CC2)OCC[C@H]3CCOCC2CC2)nc1. The predicted molar refractivity (Wildman–Crippen MR) is 99.1 cm³/mol. The molecule has 5 heteroatoms. The quantitative estimate of drug-likeness (QED) is 0.733. The summed E-state index contributed by atoms with van der Waals surface area (Å²) in [6, 6.07) is 3.78. The number of hydrogen-bond acceptors (Lipinski definition) is 4. The van der Waals surface area contributed by atoms with Gasteiger partial charge in [-0.1, -0.05) is 6.07 Å². The van der Waals surface area contributed by atoms with Gasteiger partial charge in [-0.25, -0.2) is 0 Å². The normalized spacial score (nSPS) is 25.0. The van der Waals surface area contributed by atoms with Crippen molar-refractivity contribution in [3.8, 4) is 0 Å². The number of piperidine rings is 1. The smallest absolute Gasteiger partial charge is 0.272 e. The molecule has 1 aromatic rings. The standard InChI is InChI=1S/C21H30N2O3/c1-16-2-5-19(22-14-16)20(24)23-10-8-21(9-11-23)18(7-13-26-21)6-12-25-15-17-3-4-17/h2,5,14,17-18H,3-4,6-13,15H2,1H3/t18-/m1/s1. The van der Waals surface area contributed by atoms with E-state index in [2.05, 4.69) is 4.98 Å². The van der Waals surface area contributed by atoms with Gasteiger partial charge in [0.25, 0.3) is 5.91 Å². The molecule has 26 heavy (non-hydrogen) atoms. The zero-order valence-corrected chi connectivity index (χ0v) is 15.8. The van der Waals surface area contributed by atoms with Crippen molar-refractivity contribution < 1.29 is 14.3 Å². The van der Waals surface area contributed by atoms with E-state index in [9.17, 15) is 4.79 Å². The summed E-state index contributed by atoms with van der Waals surface area (Å²) in [5.41, 5.74) is 1.58. The van der Waals surface area contributed by atoms with Crippen molar-refractivity contribution in [1.29, 1.82) is 0 Å². The van der Waals surface area contributed by atoms with Gasteiger partial charge < -0.3 is 14.4 Å². The maximum Gasteiger partial charge on any atom is 0.272 e. The molecule has 0 aromatic carbocycles. The van der Waals surface area contributed by atoms with E-state index in [0.29, 0.717) is 11.6 Å². The van der Waals surface area contributed by atoms with E-state index in [4.69, 9.17) is 9.47 Å². The van der Waals surface area contributed by atoms with Crippen LogP contribution in [0.4, 0.5) is 0 Å². The van der Waals surface area contributed by atoms with Crippen molar-refractivity contribution in [3.63, 3.8) is 0 Å². The lowest BCUT2D eigenvalue weighted by atomic mass is 9.78. The molecule has 1 spiro atoms. The summed E-state index contributed by atoms with van der Waals surface area (Å²) in [6.45, 7) is 6.13. The van der Waals surface area contributed by atoms with Crippen LogP contribution in [0.25, 0.3) is 0 Å². The molecule has 1 amide bonds. The molecular formula is C21H30N2O3. The molecule has 0 radical (unpaired) electrons. The number of rotatable bonds is 6. The second-order valence-corrected chi connectivity index (χ2v) is 8.22. The first-order valence-electron chi connectivity index (χ1n) is 10.1. The van der Waals surface area contributed by atoms with Crippen molar-refractivity contribution in [2.24, 2.45) is 11.8 Å². The van der Waals surface area contributed by atoms with Crippen LogP contribution in [0.3, 0.4) is 0 Å². The molecule has 2 saturated heterocycles. The molecule has 3 aliphatic rings. The predicted octanol–water partition coefficient (Wildman–Crippen LogP) is 3.22. The fourth-order valence-corrected chi connectivity index (χ4v) is 4.35. The van der Waals surface area contributed by atoms with E-state index >= 15 is 0 Å². The third kappa shape index (κ3) is 3.94. The Bertz CT molecular complexity index is 619. The van der Waals surface area contributed by atoms with Crippen LogP contribution in [0.5, 0.6) is 0 Å². The lowest BCUT2D eigenvalue weighted by Gasteiger charge is -2.42. The highest BCUT2D eigenvalue weighted by Crippen LogP contribution is 2.42. The van der Waals surface area contributed by atoms with Gasteiger partial charge in [-0.05, 0) is 68.9 Å². The lowest BCUT2D eigenvalue weighted by Crippen LogP contribution is -2.49. The van der Waals surface area contributed by atoms with Crippen LogP contribution in [0.1, 0.15) is 54.6 Å². The van der Waals surface area contributed by atoms with Gasteiger partial charge in [0.1, 0.15) is 5.69 Å². The highest BCUT2D eigenvalue weighted by atomic mass is 16.5. The van der Waals surface area contributed by atoms with Crippen LogP contribution in [0, 0.1) is 18.8 Å². The van der Waals surface area contributed by atoms with Crippen LogP contribution in [-0.2, 0) is 9.47 Å². The first-order valence-corrected chi connectivity index (χ1v) is 10.1. The number of carbonyl (C=O) groups is 1. The van der Waals surface area contributed by atoms with Crippen LogP contribution in [0.2, 0.25) is 0 Å². The number of carbonyl (C=O) groups excluding carboxylic acids is 1. The lowest BCUT2D eigenvalue weighted by molar-refractivity contribution is -0.0673. The minimum atomic E-state index is -0.0412. The highest BCUT2D eigenvalue weighted by Gasteiger charge is 2.46. The average Bonchev–Trinajstić information content (AvgIpc) is 3.41. The van der Waals surface area contributed by atoms with Gasteiger partial charge in [0.05, 0.1) is 5.60 Å². The van der Waals surface area contributed by atoms with E-state index in [1.165, 1.54) is 12.8 Å². The molecule has 3 fully saturated rings. The maximum atomic E-state index is 12.7. The summed E-state index contributed by atoms with van der Waals surface area (Å²) in [6.07, 6.45) is 8.51. The summed E-state index contributed by atoms with van der Waals surface area (Å²) in [5, 5.41) is 0. The van der Waals surface area contributed by atoms with Gasteiger partial charge in [0.15, 0.2) is 0 Å². The largest absolute Gasteiger partial charge is 0.381 e. The van der Waals surface area contributed by atoms with Gasteiger partial charge >= 0.3 is 0 Å². The number of aromatic nitrogens is 1. The molecule has 2 aliphatic heterocycles. The van der Waals surface area contributed by atoms with Crippen LogP contribution < -0.4 is 0 Å². The molecule has 5 nitrogen and oxygen atoms in total. The van der Waals surface area contributed by atoms with E-state index < -0.39 is 0 Å². The third-order valence-corrected chi connectivity index (χ3v) is 6.29. The van der Waals surface area contributed by atoms with Gasteiger partial charge in [-0.2, -0.15) is 0 Å². The molecule has 1 aliphatic carbocycles. The van der Waals surface area contributed by atoms with Crippen LogP contribution in [-0.4, -0.2) is 54.3 Å². The fraction of sp³-hybridized carbons (Fsp3) is 0.714. The van der Waals surface area contributed by atoms with Crippen LogP contribution >= 0.6 is 0 Å². The molecular weight excluding hydrogens is 328 g/mol. The number of likely N-dealkylation sites (tertiary alicyclic amines) is 1. The second kappa shape index (κ2) is 7.65. The molecule has 3 heterocycles. The molecule has 0 N–H and O–H groups in total. The summed E-state index contributed by atoms with van der Waals surface area (Å²) >= 11 is 0. The Kier molecular flexibility index (Phi) is 5.28. The second-order valence-electron chi connectivity index (χ2n) is 8.22. The van der Waals surface area contributed by atoms with E-state index in [0.717, 1.165) is 70.1 Å². The average molecular weight is 358 g/mol. The molecule has 1 saturated carbocycles. The summed E-state index contributed by atoms with van der Waals surface area (Å²) < 4.78 is 12.1. The van der Waals surface area contributed by atoms with Gasteiger partial charge in [-0.3, -0.25) is 9.78 Å². The number of hydrogen-bond donors (Lipinski definition) is 0. The molecule has 1 atom stereocenters. The van der Waals surface area contributed by atoms with E-state index in [-0.39, 0.29) is 11.5 Å². The monoisotopic (exact) mass is 358 g/mol. The van der Waals surface area contributed by atoms with Crippen molar-refractivity contribution in [3.05, 3.63) is 29.6 Å². The summed E-state index contributed by atoms with van der Waals surface area (Å²) in [5.74, 6) is 1.44. The van der Waals surface area contributed by atoms with E-state index in [1.807, 2.05) is 24.0 Å².